The van der Waals surface area contributed by atoms with E-state index in [1.54, 1.807) is 25.3 Å². The third-order valence-corrected chi connectivity index (χ3v) is 5.73. The summed E-state index contributed by atoms with van der Waals surface area (Å²) in [5.74, 6) is -0.579. The average molecular weight is 490 g/mol. The van der Waals surface area contributed by atoms with Gasteiger partial charge in [0, 0.05) is 16.3 Å². The van der Waals surface area contributed by atoms with Gasteiger partial charge in [-0.1, -0.05) is 59.6 Å². The van der Waals surface area contributed by atoms with Gasteiger partial charge in [-0.05, 0) is 42.1 Å². The largest absolute Gasteiger partial charge is 0.479 e. The van der Waals surface area contributed by atoms with Gasteiger partial charge in [0.15, 0.2) is 6.10 Å². The van der Waals surface area contributed by atoms with Gasteiger partial charge < -0.3 is 10.1 Å². The number of carbonyl (C=O) groups excluding carboxylic acids is 2. The van der Waals surface area contributed by atoms with Gasteiger partial charge in [-0.3, -0.25) is 9.59 Å². The molecule has 2 aromatic carbocycles. The first-order valence-electron chi connectivity index (χ1n) is 9.75. The van der Waals surface area contributed by atoms with Crippen LogP contribution in [0.2, 0.25) is 10.0 Å². The first-order valence-corrected chi connectivity index (χ1v) is 11.4. The molecule has 166 valence electrons. The minimum absolute atomic E-state index is 0.290. The SMILES string of the molecule is C[C@H](Oc1ccc(Cl)cc1Cl)C(=O)N[C@H](Cc1ccccc1)C(=O)N/N=C\c1cccs1. The molecule has 9 heteroatoms. The van der Waals surface area contributed by atoms with Crippen molar-refractivity contribution in [1.82, 2.24) is 10.7 Å². The molecule has 0 aliphatic rings. The minimum Gasteiger partial charge on any atom is -0.479 e. The van der Waals surface area contributed by atoms with Crippen molar-refractivity contribution in [1.29, 1.82) is 0 Å². The number of benzene rings is 2. The number of amides is 2. The maximum Gasteiger partial charge on any atom is 0.262 e. The van der Waals surface area contributed by atoms with E-state index in [1.807, 2.05) is 47.8 Å². The number of halogens is 2. The molecule has 3 aromatic rings. The predicted molar refractivity (Wildman–Crippen MR) is 129 cm³/mol. The predicted octanol–water partition coefficient (Wildman–Crippen LogP) is 4.70. The number of thiophene rings is 1. The van der Waals surface area contributed by atoms with E-state index in [9.17, 15) is 9.59 Å². The molecule has 6 nitrogen and oxygen atoms in total. The number of hydrogen-bond acceptors (Lipinski definition) is 5. The Morgan fingerprint density at radius 2 is 1.88 bits per heavy atom. The zero-order chi connectivity index (χ0) is 22.9. The van der Waals surface area contributed by atoms with E-state index in [-0.39, 0.29) is 0 Å². The lowest BCUT2D eigenvalue weighted by molar-refractivity contribution is -0.132. The summed E-state index contributed by atoms with van der Waals surface area (Å²) in [6.45, 7) is 1.58. The molecule has 0 unspecified atom stereocenters. The summed E-state index contributed by atoms with van der Waals surface area (Å²) in [6.07, 6.45) is 0.953. The van der Waals surface area contributed by atoms with Crippen LogP contribution in [-0.4, -0.2) is 30.2 Å². The number of carbonyl (C=O) groups is 2. The van der Waals surface area contributed by atoms with Crippen LogP contribution in [0.4, 0.5) is 0 Å². The second kappa shape index (κ2) is 11.7. The minimum atomic E-state index is -0.894. The van der Waals surface area contributed by atoms with Gasteiger partial charge >= 0.3 is 0 Å². The number of rotatable bonds is 9. The van der Waals surface area contributed by atoms with Crippen LogP contribution in [-0.2, 0) is 16.0 Å². The molecule has 0 saturated carbocycles. The molecule has 1 heterocycles. The second-order valence-electron chi connectivity index (χ2n) is 6.84. The van der Waals surface area contributed by atoms with Crippen LogP contribution in [0.25, 0.3) is 0 Å². The Labute approximate surface area is 200 Å². The zero-order valence-corrected chi connectivity index (χ0v) is 19.5. The molecule has 2 amide bonds. The maximum absolute atomic E-state index is 12.8. The van der Waals surface area contributed by atoms with E-state index in [2.05, 4.69) is 15.8 Å². The molecule has 1 aromatic heterocycles. The Bertz CT molecular complexity index is 1080. The molecular formula is C23H21Cl2N3O3S. The highest BCUT2D eigenvalue weighted by molar-refractivity contribution is 7.11. The molecule has 0 fully saturated rings. The first kappa shape index (κ1) is 23.8. The van der Waals surface area contributed by atoms with Crippen LogP contribution in [0, 0.1) is 0 Å². The van der Waals surface area contributed by atoms with Gasteiger partial charge in [-0.25, -0.2) is 5.43 Å². The van der Waals surface area contributed by atoms with Crippen LogP contribution in [0.3, 0.4) is 0 Å². The normalized spacial score (nSPS) is 12.8. The molecule has 0 aliphatic carbocycles. The van der Waals surface area contributed by atoms with E-state index in [1.165, 1.54) is 17.4 Å². The lowest BCUT2D eigenvalue weighted by atomic mass is 10.1. The van der Waals surface area contributed by atoms with Crippen LogP contribution in [0.1, 0.15) is 17.4 Å². The summed E-state index contributed by atoms with van der Waals surface area (Å²) in [5.41, 5.74) is 3.39. The molecule has 0 bridgehead atoms. The van der Waals surface area contributed by atoms with E-state index in [0.717, 1.165) is 10.4 Å². The van der Waals surface area contributed by atoms with Gasteiger partial charge in [0.25, 0.3) is 11.8 Å². The summed E-state index contributed by atoms with van der Waals surface area (Å²) in [5, 5.41) is 9.40. The summed E-state index contributed by atoms with van der Waals surface area (Å²) in [6, 6.07) is 17.0. The zero-order valence-electron chi connectivity index (χ0n) is 17.1. The Hall–Kier alpha value is -2.87. The number of nitrogens with zero attached hydrogens (tertiary/aromatic N) is 1. The molecular weight excluding hydrogens is 469 g/mol. The quantitative estimate of drug-likeness (QED) is 0.337. The Kier molecular flexibility index (Phi) is 8.67. The second-order valence-corrected chi connectivity index (χ2v) is 8.66. The van der Waals surface area contributed by atoms with Gasteiger partial charge in [0.2, 0.25) is 0 Å². The Morgan fingerprint density at radius 1 is 1.09 bits per heavy atom. The lowest BCUT2D eigenvalue weighted by Crippen LogP contribution is -2.50. The average Bonchev–Trinajstić information content (AvgIpc) is 3.29. The van der Waals surface area contributed by atoms with Crippen molar-refractivity contribution in [2.45, 2.75) is 25.5 Å². The highest BCUT2D eigenvalue weighted by Gasteiger charge is 2.25. The molecule has 0 radical (unpaired) electrons. The van der Waals surface area contributed by atoms with Crippen molar-refractivity contribution in [3.05, 3.63) is 86.5 Å². The van der Waals surface area contributed by atoms with Gasteiger partial charge in [0.05, 0.1) is 11.2 Å². The fraction of sp³-hybridized carbons (Fsp3) is 0.174. The van der Waals surface area contributed by atoms with Crippen LogP contribution in [0.5, 0.6) is 5.75 Å². The summed E-state index contributed by atoms with van der Waals surface area (Å²) in [4.78, 5) is 26.4. The van der Waals surface area contributed by atoms with Crippen LogP contribution in [0.15, 0.2) is 71.1 Å². The number of hydrazone groups is 1. The van der Waals surface area contributed by atoms with E-state index < -0.39 is 24.0 Å². The van der Waals surface area contributed by atoms with Gasteiger partial charge in [0.1, 0.15) is 11.8 Å². The number of nitrogens with one attached hydrogen (secondary N) is 2. The maximum atomic E-state index is 12.8. The summed E-state index contributed by atoms with van der Waals surface area (Å²) < 4.78 is 5.66. The molecule has 0 spiro atoms. The molecule has 3 rings (SSSR count). The lowest BCUT2D eigenvalue weighted by Gasteiger charge is -2.21. The smallest absolute Gasteiger partial charge is 0.262 e. The molecule has 0 saturated heterocycles. The number of ether oxygens (including phenoxy) is 1. The van der Waals surface area contributed by atoms with Crippen molar-refractivity contribution in [2.24, 2.45) is 5.10 Å². The van der Waals surface area contributed by atoms with Crippen LogP contribution < -0.4 is 15.5 Å². The molecule has 2 atom stereocenters. The summed E-state index contributed by atoms with van der Waals surface area (Å²) >= 11 is 13.5. The first-order chi connectivity index (χ1) is 15.4. The van der Waals surface area contributed by atoms with Gasteiger partial charge in [-0.2, -0.15) is 5.10 Å². The monoisotopic (exact) mass is 489 g/mol. The highest BCUT2D eigenvalue weighted by Crippen LogP contribution is 2.28. The molecule has 32 heavy (non-hydrogen) atoms. The highest BCUT2D eigenvalue weighted by atomic mass is 35.5. The van der Waals surface area contributed by atoms with E-state index in [0.29, 0.717) is 22.2 Å². The Morgan fingerprint density at radius 3 is 2.56 bits per heavy atom. The molecule has 2 N–H and O–H groups in total. The van der Waals surface area contributed by atoms with E-state index in [4.69, 9.17) is 27.9 Å². The summed E-state index contributed by atoms with van der Waals surface area (Å²) in [7, 11) is 0. The third-order valence-electron chi connectivity index (χ3n) is 4.39. The topological polar surface area (TPSA) is 79.8 Å². The van der Waals surface area contributed by atoms with Gasteiger partial charge in [-0.15, -0.1) is 11.3 Å². The third kappa shape index (κ3) is 7.09. The van der Waals surface area contributed by atoms with Crippen molar-refractivity contribution >= 4 is 52.6 Å². The van der Waals surface area contributed by atoms with Crippen molar-refractivity contribution < 1.29 is 14.3 Å². The van der Waals surface area contributed by atoms with Crippen molar-refractivity contribution in [3.63, 3.8) is 0 Å². The fourth-order valence-corrected chi connectivity index (χ4v) is 3.80. The van der Waals surface area contributed by atoms with E-state index >= 15 is 0 Å². The standard InChI is InChI=1S/C23H21Cl2N3O3S/c1-15(31-21-10-9-17(24)13-19(21)25)22(29)27-20(12-16-6-3-2-4-7-16)23(30)28-26-14-18-8-5-11-32-18/h2-11,13-15,20H,12H2,1H3,(H,27,29)(H,28,30)/b26-14-/t15-,20+/m0/s1. The van der Waals surface area contributed by atoms with Crippen LogP contribution >= 0.6 is 34.5 Å². The van der Waals surface area contributed by atoms with Crippen molar-refractivity contribution in [3.8, 4) is 5.75 Å². The number of hydrogen-bond donors (Lipinski definition) is 2. The Balaban J connectivity index is 1.67. The fourth-order valence-electron chi connectivity index (χ4n) is 2.77. The molecule has 0 aliphatic heterocycles. The van der Waals surface area contributed by atoms with Crippen molar-refractivity contribution in [2.75, 3.05) is 0 Å².